The quantitative estimate of drug-likeness (QED) is 0.604. The molecule has 0 aromatic rings. The number of cyclic esters (lactones) is 2. The highest BCUT2D eigenvalue weighted by Gasteiger charge is 2.35. The van der Waals surface area contributed by atoms with Crippen LogP contribution in [-0.4, -0.2) is 43.3 Å². The zero-order valence-electron chi connectivity index (χ0n) is 8.06. The number of hydrogen-bond donors (Lipinski definition) is 0. The summed E-state index contributed by atoms with van der Waals surface area (Å²) in [5.41, 5.74) is 0. The van der Waals surface area contributed by atoms with Crippen molar-refractivity contribution in [2.75, 3.05) is 20.2 Å². The van der Waals surface area contributed by atoms with Crippen molar-refractivity contribution in [1.29, 1.82) is 0 Å². The van der Waals surface area contributed by atoms with E-state index in [0.717, 1.165) is 13.0 Å². The van der Waals surface area contributed by atoms with Gasteiger partial charge < -0.3 is 14.4 Å². The average molecular weight is 199 g/mol. The van der Waals surface area contributed by atoms with E-state index in [1.807, 2.05) is 0 Å². The van der Waals surface area contributed by atoms with Gasteiger partial charge in [0.2, 0.25) is 5.91 Å². The average Bonchev–Trinajstić information content (AvgIpc) is 2.67. The number of rotatable bonds is 2. The van der Waals surface area contributed by atoms with Crippen molar-refractivity contribution in [3.63, 3.8) is 0 Å². The van der Waals surface area contributed by atoms with Crippen LogP contribution >= 0.6 is 0 Å². The highest BCUT2D eigenvalue weighted by Crippen LogP contribution is 2.24. The zero-order chi connectivity index (χ0) is 10.1. The first-order valence-electron chi connectivity index (χ1n) is 4.75. The van der Waals surface area contributed by atoms with Crippen LogP contribution in [0.4, 0.5) is 4.79 Å². The highest BCUT2D eigenvalue weighted by atomic mass is 16.8. The van der Waals surface area contributed by atoms with Crippen molar-refractivity contribution in [3.05, 3.63) is 0 Å². The van der Waals surface area contributed by atoms with Crippen LogP contribution in [0.25, 0.3) is 0 Å². The van der Waals surface area contributed by atoms with E-state index in [4.69, 9.17) is 4.74 Å². The molecule has 0 bridgehead atoms. The molecule has 0 spiro atoms. The summed E-state index contributed by atoms with van der Waals surface area (Å²) in [6, 6.07) is 0. The van der Waals surface area contributed by atoms with Crippen molar-refractivity contribution >= 4 is 12.1 Å². The molecule has 78 valence electrons. The van der Waals surface area contributed by atoms with Crippen LogP contribution in [0.5, 0.6) is 0 Å². The third-order valence-corrected chi connectivity index (χ3v) is 2.74. The number of ether oxygens (including phenoxy) is 2. The SMILES string of the molecule is CN1CCC(CC2COC(=O)O2)C1=O. The first-order chi connectivity index (χ1) is 6.66. The molecule has 0 saturated carbocycles. The molecule has 2 saturated heterocycles. The number of nitrogens with zero attached hydrogens (tertiary/aromatic N) is 1. The number of carbonyl (C=O) groups excluding carboxylic acids is 2. The molecule has 5 heteroatoms. The van der Waals surface area contributed by atoms with E-state index < -0.39 is 6.16 Å². The van der Waals surface area contributed by atoms with E-state index in [1.54, 1.807) is 11.9 Å². The molecular formula is C9H13NO4. The van der Waals surface area contributed by atoms with E-state index in [2.05, 4.69) is 4.74 Å². The van der Waals surface area contributed by atoms with Crippen molar-refractivity contribution in [1.82, 2.24) is 4.90 Å². The van der Waals surface area contributed by atoms with Gasteiger partial charge in [-0.15, -0.1) is 0 Å². The van der Waals surface area contributed by atoms with E-state index in [9.17, 15) is 9.59 Å². The van der Waals surface area contributed by atoms with Crippen LogP contribution in [0.3, 0.4) is 0 Å². The van der Waals surface area contributed by atoms with Gasteiger partial charge in [0.25, 0.3) is 0 Å². The summed E-state index contributed by atoms with van der Waals surface area (Å²) in [7, 11) is 1.79. The molecule has 0 aromatic carbocycles. The normalized spacial score (nSPS) is 31.9. The molecule has 0 radical (unpaired) electrons. The summed E-state index contributed by atoms with van der Waals surface area (Å²) in [6.07, 6.45) is 0.593. The molecule has 1 amide bonds. The second-order valence-corrected chi connectivity index (χ2v) is 3.78. The Kier molecular flexibility index (Phi) is 2.31. The van der Waals surface area contributed by atoms with Gasteiger partial charge in [-0.2, -0.15) is 0 Å². The second kappa shape index (κ2) is 3.48. The molecule has 2 unspecified atom stereocenters. The minimum atomic E-state index is -0.617. The van der Waals surface area contributed by atoms with Crippen LogP contribution in [0.2, 0.25) is 0 Å². The summed E-state index contributed by atoms with van der Waals surface area (Å²) in [5, 5.41) is 0. The Hall–Kier alpha value is -1.26. The van der Waals surface area contributed by atoms with Crippen LogP contribution in [-0.2, 0) is 14.3 Å². The predicted octanol–water partition coefficient (Wildman–Crippen LogP) is 0.390. The standard InChI is InChI=1S/C9H13NO4/c1-10-3-2-6(8(10)11)4-7-5-13-9(12)14-7/h6-7H,2-5H2,1H3. The van der Waals surface area contributed by atoms with Crippen molar-refractivity contribution in [2.45, 2.75) is 18.9 Å². The van der Waals surface area contributed by atoms with Gasteiger partial charge in [-0.05, 0) is 12.8 Å². The van der Waals surface area contributed by atoms with Crippen LogP contribution in [0, 0.1) is 5.92 Å². The molecule has 14 heavy (non-hydrogen) atoms. The maximum Gasteiger partial charge on any atom is 0.508 e. The lowest BCUT2D eigenvalue weighted by atomic mass is 10.0. The highest BCUT2D eigenvalue weighted by molar-refractivity contribution is 5.80. The summed E-state index contributed by atoms with van der Waals surface area (Å²) in [4.78, 5) is 23.9. The van der Waals surface area contributed by atoms with Gasteiger partial charge in [0.15, 0.2) is 0 Å². The van der Waals surface area contributed by atoms with E-state index in [0.29, 0.717) is 6.42 Å². The fourth-order valence-corrected chi connectivity index (χ4v) is 1.91. The first-order valence-corrected chi connectivity index (χ1v) is 4.75. The molecular weight excluding hydrogens is 186 g/mol. The zero-order valence-corrected chi connectivity index (χ0v) is 8.06. The maximum atomic E-state index is 11.5. The maximum absolute atomic E-state index is 11.5. The van der Waals surface area contributed by atoms with Crippen LogP contribution in [0.15, 0.2) is 0 Å². The van der Waals surface area contributed by atoms with Crippen LogP contribution < -0.4 is 0 Å². The summed E-state index contributed by atoms with van der Waals surface area (Å²) in [6.45, 7) is 1.08. The Morgan fingerprint density at radius 3 is 2.79 bits per heavy atom. The van der Waals surface area contributed by atoms with Gasteiger partial charge in [-0.3, -0.25) is 4.79 Å². The van der Waals surface area contributed by atoms with E-state index in [1.165, 1.54) is 0 Å². The largest absolute Gasteiger partial charge is 0.508 e. The minimum Gasteiger partial charge on any atom is -0.430 e. The van der Waals surface area contributed by atoms with Gasteiger partial charge in [0.1, 0.15) is 12.7 Å². The molecule has 0 aliphatic carbocycles. The molecule has 2 atom stereocenters. The molecule has 2 rings (SSSR count). The topological polar surface area (TPSA) is 55.8 Å². The lowest BCUT2D eigenvalue weighted by molar-refractivity contribution is -0.130. The fraction of sp³-hybridized carbons (Fsp3) is 0.778. The summed E-state index contributed by atoms with van der Waals surface area (Å²) >= 11 is 0. The molecule has 0 aromatic heterocycles. The van der Waals surface area contributed by atoms with Gasteiger partial charge in [0.05, 0.1) is 0 Å². The summed E-state index contributed by atoms with van der Waals surface area (Å²) in [5.74, 6) is 0.146. The molecule has 2 fully saturated rings. The number of amides is 1. The molecule has 2 heterocycles. The Morgan fingerprint density at radius 1 is 1.50 bits per heavy atom. The molecule has 2 aliphatic rings. The van der Waals surface area contributed by atoms with Crippen molar-refractivity contribution in [3.8, 4) is 0 Å². The Morgan fingerprint density at radius 2 is 2.29 bits per heavy atom. The monoisotopic (exact) mass is 199 g/mol. The molecule has 2 aliphatic heterocycles. The third-order valence-electron chi connectivity index (χ3n) is 2.74. The Labute approximate surface area is 82.0 Å². The van der Waals surface area contributed by atoms with Crippen molar-refractivity contribution < 1.29 is 19.1 Å². The number of hydrogen-bond acceptors (Lipinski definition) is 4. The first kappa shape index (κ1) is 9.30. The fourth-order valence-electron chi connectivity index (χ4n) is 1.91. The predicted molar refractivity (Wildman–Crippen MR) is 46.6 cm³/mol. The van der Waals surface area contributed by atoms with Gasteiger partial charge in [0, 0.05) is 19.5 Å². The van der Waals surface area contributed by atoms with Crippen molar-refractivity contribution in [2.24, 2.45) is 5.92 Å². The number of likely N-dealkylation sites (tertiary alicyclic amines) is 1. The third kappa shape index (κ3) is 1.66. The van der Waals surface area contributed by atoms with Gasteiger partial charge in [-0.1, -0.05) is 0 Å². The molecule has 5 nitrogen and oxygen atoms in total. The number of carbonyl (C=O) groups is 2. The Balaban J connectivity index is 1.86. The van der Waals surface area contributed by atoms with Gasteiger partial charge >= 0.3 is 6.16 Å². The Bertz CT molecular complexity index is 266. The summed E-state index contributed by atoms with van der Waals surface area (Å²) < 4.78 is 9.53. The van der Waals surface area contributed by atoms with E-state index >= 15 is 0 Å². The van der Waals surface area contributed by atoms with Gasteiger partial charge in [-0.25, -0.2) is 4.79 Å². The smallest absolute Gasteiger partial charge is 0.430 e. The van der Waals surface area contributed by atoms with Crippen LogP contribution in [0.1, 0.15) is 12.8 Å². The lowest BCUT2D eigenvalue weighted by Crippen LogP contribution is -2.25. The minimum absolute atomic E-state index is 0.000463. The molecule has 0 N–H and O–H groups in total. The lowest BCUT2D eigenvalue weighted by Gasteiger charge is -2.12. The van der Waals surface area contributed by atoms with E-state index in [-0.39, 0.29) is 24.5 Å². The second-order valence-electron chi connectivity index (χ2n) is 3.78.